The minimum Gasteiger partial charge on any atom is -0.491 e. The second kappa shape index (κ2) is 9.54. The van der Waals surface area contributed by atoms with E-state index in [1.54, 1.807) is 18.2 Å². The van der Waals surface area contributed by atoms with Gasteiger partial charge in [-0.15, -0.1) is 0 Å². The third kappa shape index (κ3) is 5.83. The zero-order chi connectivity index (χ0) is 17.3. The summed E-state index contributed by atoms with van der Waals surface area (Å²) < 4.78 is 19.0. The van der Waals surface area contributed by atoms with Crippen LogP contribution >= 0.6 is 0 Å². The van der Waals surface area contributed by atoms with Gasteiger partial charge in [-0.05, 0) is 37.1 Å². The van der Waals surface area contributed by atoms with Crippen molar-refractivity contribution < 1.29 is 9.13 Å². The Balaban J connectivity index is 1.27. The van der Waals surface area contributed by atoms with Crippen LogP contribution in [0.4, 0.5) is 4.39 Å². The average molecular weight is 342 g/mol. The van der Waals surface area contributed by atoms with Gasteiger partial charge < -0.3 is 9.64 Å². The molecule has 0 unspecified atom stereocenters. The molecule has 0 amide bonds. The van der Waals surface area contributed by atoms with E-state index in [-0.39, 0.29) is 5.82 Å². The average Bonchev–Trinajstić information content (AvgIpc) is 2.65. The predicted octanol–water partition coefficient (Wildman–Crippen LogP) is 3.80. The fourth-order valence-electron chi connectivity index (χ4n) is 3.19. The molecule has 0 radical (unpaired) electrons. The van der Waals surface area contributed by atoms with Gasteiger partial charge in [0.1, 0.15) is 0 Å². The van der Waals surface area contributed by atoms with Gasteiger partial charge in [-0.3, -0.25) is 4.90 Å². The molecule has 0 aliphatic carbocycles. The highest BCUT2D eigenvalue weighted by molar-refractivity contribution is 5.23. The van der Waals surface area contributed by atoms with Crippen molar-refractivity contribution in [3.05, 3.63) is 66.0 Å². The van der Waals surface area contributed by atoms with Crippen LogP contribution in [0.5, 0.6) is 5.75 Å². The number of nitrogens with zero attached hydrogens (tertiary/aromatic N) is 2. The Morgan fingerprint density at radius 1 is 0.800 bits per heavy atom. The maximum absolute atomic E-state index is 13.4. The van der Waals surface area contributed by atoms with E-state index in [1.807, 2.05) is 0 Å². The van der Waals surface area contributed by atoms with Crippen LogP contribution in [-0.4, -0.2) is 49.1 Å². The topological polar surface area (TPSA) is 15.7 Å². The normalized spacial score (nSPS) is 16.0. The number of para-hydroxylation sites is 1. The largest absolute Gasteiger partial charge is 0.491 e. The van der Waals surface area contributed by atoms with Gasteiger partial charge in [0.2, 0.25) is 0 Å². The van der Waals surface area contributed by atoms with E-state index in [0.717, 1.165) is 52.1 Å². The summed E-state index contributed by atoms with van der Waals surface area (Å²) in [5, 5.41) is 0. The van der Waals surface area contributed by atoms with E-state index in [1.165, 1.54) is 11.6 Å². The predicted molar refractivity (Wildman–Crippen MR) is 99.3 cm³/mol. The van der Waals surface area contributed by atoms with Gasteiger partial charge in [-0.1, -0.05) is 42.5 Å². The Morgan fingerprint density at radius 3 is 2.24 bits per heavy atom. The van der Waals surface area contributed by atoms with Crippen LogP contribution in [0.1, 0.15) is 18.4 Å². The molecule has 2 aromatic carbocycles. The fraction of sp³-hybridized carbons (Fsp3) is 0.429. The number of halogens is 1. The van der Waals surface area contributed by atoms with Crippen molar-refractivity contribution in [3.63, 3.8) is 0 Å². The second-order valence-electron chi connectivity index (χ2n) is 6.59. The molecule has 1 saturated heterocycles. The monoisotopic (exact) mass is 342 g/mol. The quantitative estimate of drug-likeness (QED) is 0.679. The number of piperazine rings is 1. The van der Waals surface area contributed by atoms with Crippen LogP contribution in [-0.2, 0) is 6.54 Å². The van der Waals surface area contributed by atoms with Gasteiger partial charge in [0, 0.05) is 32.7 Å². The van der Waals surface area contributed by atoms with Crippen molar-refractivity contribution in [2.24, 2.45) is 0 Å². The van der Waals surface area contributed by atoms with Gasteiger partial charge in [0.25, 0.3) is 0 Å². The number of unbranched alkanes of at least 4 members (excludes halogenated alkanes) is 1. The lowest BCUT2D eigenvalue weighted by atomic mass is 10.2. The highest BCUT2D eigenvalue weighted by atomic mass is 19.1. The van der Waals surface area contributed by atoms with Crippen molar-refractivity contribution in [3.8, 4) is 5.75 Å². The maximum atomic E-state index is 13.4. The molecular weight excluding hydrogens is 315 g/mol. The summed E-state index contributed by atoms with van der Waals surface area (Å²) in [6.45, 7) is 7.23. The summed E-state index contributed by atoms with van der Waals surface area (Å²) in [5.41, 5.74) is 1.39. The van der Waals surface area contributed by atoms with Gasteiger partial charge in [0.05, 0.1) is 6.61 Å². The summed E-state index contributed by atoms with van der Waals surface area (Å²) in [6.07, 6.45) is 2.05. The van der Waals surface area contributed by atoms with Crippen LogP contribution < -0.4 is 4.74 Å². The van der Waals surface area contributed by atoms with E-state index in [9.17, 15) is 4.39 Å². The summed E-state index contributed by atoms with van der Waals surface area (Å²) in [6, 6.07) is 17.3. The van der Waals surface area contributed by atoms with Gasteiger partial charge in [-0.25, -0.2) is 4.39 Å². The van der Waals surface area contributed by atoms with Crippen molar-refractivity contribution in [2.45, 2.75) is 19.4 Å². The molecule has 1 aliphatic heterocycles. The van der Waals surface area contributed by atoms with Crippen LogP contribution in [0.2, 0.25) is 0 Å². The summed E-state index contributed by atoms with van der Waals surface area (Å²) in [4.78, 5) is 5.04. The number of hydrogen-bond donors (Lipinski definition) is 0. The lowest BCUT2D eigenvalue weighted by molar-refractivity contribution is 0.124. The van der Waals surface area contributed by atoms with Crippen molar-refractivity contribution in [2.75, 3.05) is 39.3 Å². The molecule has 0 bridgehead atoms. The zero-order valence-electron chi connectivity index (χ0n) is 14.7. The SMILES string of the molecule is Fc1ccccc1OCCCCN1CCN(Cc2ccccc2)CC1. The molecule has 0 aromatic heterocycles. The highest BCUT2D eigenvalue weighted by Crippen LogP contribution is 2.15. The molecule has 1 heterocycles. The number of benzene rings is 2. The first kappa shape index (κ1) is 17.9. The third-order valence-electron chi connectivity index (χ3n) is 4.68. The van der Waals surface area contributed by atoms with Gasteiger partial charge in [0.15, 0.2) is 11.6 Å². The number of rotatable bonds is 8. The van der Waals surface area contributed by atoms with E-state index in [0.29, 0.717) is 12.4 Å². The minimum atomic E-state index is -0.281. The summed E-state index contributed by atoms with van der Waals surface area (Å²) in [5.74, 6) is 0.0778. The standard InChI is InChI=1S/C21H27FN2O/c22-20-10-4-5-11-21(20)25-17-7-6-12-23-13-15-24(16-14-23)18-19-8-2-1-3-9-19/h1-5,8-11H,6-7,12-18H2. The molecule has 3 rings (SSSR count). The Labute approximate surface area is 150 Å². The molecule has 0 saturated carbocycles. The zero-order valence-corrected chi connectivity index (χ0v) is 14.7. The molecule has 1 fully saturated rings. The lowest BCUT2D eigenvalue weighted by Gasteiger charge is -2.34. The van der Waals surface area contributed by atoms with Crippen molar-refractivity contribution >= 4 is 0 Å². The van der Waals surface area contributed by atoms with Crippen molar-refractivity contribution in [1.82, 2.24) is 9.80 Å². The molecule has 3 nitrogen and oxygen atoms in total. The Kier molecular flexibility index (Phi) is 6.83. The minimum absolute atomic E-state index is 0.281. The molecule has 0 atom stereocenters. The number of hydrogen-bond acceptors (Lipinski definition) is 3. The lowest BCUT2D eigenvalue weighted by Crippen LogP contribution is -2.46. The van der Waals surface area contributed by atoms with Crippen molar-refractivity contribution in [1.29, 1.82) is 0 Å². The molecule has 134 valence electrons. The van der Waals surface area contributed by atoms with Gasteiger partial charge in [-0.2, -0.15) is 0 Å². The molecule has 2 aromatic rings. The Morgan fingerprint density at radius 2 is 1.48 bits per heavy atom. The second-order valence-corrected chi connectivity index (χ2v) is 6.59. The first-order valence-corrected chi connectivity index (χ1v) is 9.17. The first-order chi connectivity index (χ1) is 12.3. The fourth-order valence-corrected chi connectivity index (χ4v) is 3.19. The van der Waals surface area contributed by atoms with E-state index >= 15 is 0 Å². The van der Waals surface area contributed by atoms with Gasteiger partial charge >= 0.3 is 0 Å². The smallest absolute Gasteiger partial charge is 0.165 e. The molecule has 4 heteroatoms. The molecule has 0 N–H and O–H groups in total. The third-order valence-corrected chi connectivity index (χ3v) is 4.68. The molecule has 1 aliphatic rings. The van der Waals surface area contributed by atoms with Crippen LogP contribution in [0.25, 0.3) is 0 Å². The van der Waals surface area contributed by atoms with Crippen LogP contribution in [0.3, 0.4) is 0 Å². The summed E-state index contributed by atoms with van der Waals surface area (Å²) >= 11 is 0. The Hall–Kier alpha value is -1.91. The maximum Gasteiger partial charge on any atom is 0.165 e. The highest BCUT2D eigenvalue weighted by Gasteiger charge is 2.16. The molecule has 0 spiro atoms. The molecule has 25 heavy (non-hydrogen) atoms. The number of ether oxygens (including phenoxy) is 1. The van der Waals surface area contributed by atoms with E-state index < -0.39 is 0 Å². The first-order valence-electron chi connectivity index (χ1n) is 9.17. The summed E-state index contributed by atoms with van der Waals surface area (Å²) in [7, 11) is 0. The Bertz CT molecular complexity index is 627. The van der Waals surface area contributed by atoms with E-state index in [2.05, 4.69) is 40.1 Å². The van der Waals surface area contributed by atoms with Crippen LogP contribution in [0.15, 0.2) is 54.6 Å². The van der Waals surface area contributed by atoms with E-state index in [4.69, 9.17) is 4.74 Å². The molecular formula is C21H27FN2O. The van der Waals surface area contributed by atoms with Crippen LogP contribution in [0, 0.1) is 5.82 Å².